The van der Waals surface area contributed by atoms with Gasteiger partial charge in [0.15, 0.2) is 0 Å². The molecule has 0 aliphatic heterocycles. The number of hydrogen-bond donors (Lipinski definition) is 1. The van der Waals surface area contributed by atoms with Crippen molar-refractivity contribution in [3.05, 3.63) is 16.1 Å². The van der Waals surface area contributed by atoms with Gasteiger partial charge in [0.2, 0.25) is 10.0 Å². The Morgan fingerprint density at radius 3 is 2.90 bits per heavy atom. The van der Waals surface area contributed by atoms with Crippen molar-refractivity contribution in [1.82, 2.24) is 9.71 Å². The molecule has 6 nitrogen and oxygen atoms in total. The number of methoxy groups -OCH3 is 1. The summed E-state index contributed by atoms with van der Waals surface area (Å²) in [5, 5.41) is 0.0404. The topological polar surface area (TPSA) is 85.4 Å². The van der Waals surface area contributed by atoms with E-state index in [9.17, 15) is 13.2 Å². The van der Waals surface area contributed by atoms with Crippen LogP contribution in [0.15, 0.2) is 6.20 Å². The predicted molar refractivity (Wildman–Crippen MR) is 80.4 cm³/mol. The van der Waals surface area contributed by atoms with E-state index < -0.39 is 27.2 Å². The van der Waals surface area contributed by atoms with Gasteiger partial charge in [-0.3, -0.25) is 4.79 Å². The first kappa shape index (κ1) is 16.4. The molecule has 2 unspecified atom stereocenters. The van der Waals surface area contributed by atoms with Gasteiger partial charge >= 0.3 is 5.97 Å². The van der Waals surface area contributed by atoms with E-state index in [1.54, 1.807) is 6.20 Å². The maximum absolute atomic E-state index is 12.4. The molecule has 1 aromatic rings. The number of thiazole rings is 1. The Morgan fingerprint density at radius 2 is 2.29 bits per heavy atom. The number of sulfonamides is 1. The maximum Gasteiger partial charge on any atom is 0.310 e. The molecule has 0 aromatic carbocycles. The fourth-order valence-electron chi connectivity index (χ4n) is 2.58. The van der Waals surface area contributed by atoms with Crippen LogP contribution in [-0.2, 0) is 32.5 Å². The van der Waals surface area contributed by atoms with Gasteiger partial charge in [0.25, 0.3) is 0 Å². The van der Waals surface area contributed by atoms with Crippen molar-refractivity contribution in [2.75, 3.05) is 7.11 Å². The fraction of sp³-hybridized carbons (Fsp3) is 0.692. The number of aromatic nitrogens is 1. The average Bonchev–Trinajstić information content (AvgIpc) is 3.13. The summed E-state index contributed by atoms with van der Waals surface area (Å²) in [4.78, 5) is 17.0. The lowest BCUT2D eigenvalue weighted by Crippen LogP contribution is -2.39. The summed E-state index contributed by atoms with van der Waals surface area (Å²) in [6.45, 7) is 2.21. The SMILES string of the molecule is CCc1cnc(CNS(=O)(=O)C2CCCC2C(=O)OC)s1. The number of esters is 1. The number of carbonyl (C=O) groups excluding carboxylic acids is 1. The minimum Gasteiger partial charge on any atom is -0.469 e. The van der Waals surface area contributed by atoms with Gasteiger partial charge in [-0.05, 0) is 19.3 Å². The van der Waals surface area contributed by atoms with Gasteiger partial charge in [0, 0.05) is 11.1 Å². The predicted octanol–water partition coefficient (Wildman–Crippen LogP) is 1.47. The average molecular weight is 332 g/mol. The van der Waals surface area contributed by atoms with Gasteiger partial charge < -0.3 is 4.74 Å². The summed E-state index contributed by atoms with van der Waals surface area (Å²) in [5.41, 5.74) is 0. The van der Waals surface area contributed by atoms with Crippen LogP contribution in [0.2, 0.25) is 0 Å². The van der Waals surface area contributed by atoms with Gasteiger partial charge in [0.05, 0.1) is 24.8 Å². The lowest BCUT2D eigenvalue weighted by Gasteiger charge is -2.18. The molecule has 1 aromatic heterocycles. The third-order valence-electron chi connectivity index (χ3n) is 3.73. The number of rotatable bonds is 6. The molecule has 0 amide bonds. The minimum atomic E-state index is -3.54. The molecule has 1 aliphatic rings. The first-order chi connectivity index (χ1) is 9.97. The zero-order valence-corrected chi connectivity index (χ0v) is 13.8. The molecule has 1 N–H and O–H groups in total. The van der Waals surface area contributed by atoms with E-state index in [0.717, 1.165) is 22.7 Å². The molecule has 0 spiro atoms. The van der Waals surface area contributed by atoms with Crippen LogP contribution in [0.3, 0.4) is 0 Å². The van der Waals surface area contributed by atoms with Crippen molar-refractivity contribution >= 4 is 27.3 Å². The van der Waals surface area contributed by atoms with Crippen LogP contribution in [0.25, 0.3) is 0 Å². The lowest BCUT2D eigenvalue weighted by atomic mass is 10.1. The van der Waals surface area contributed by atoms with Gasteiger partial charge in [0.1, 0.15) is 5.01 Å². The van der Waals surface area contributed by atoms with E-state index in [-0.39, 0.29) is 6.54 Å². The first-order valence-corrected chi connectivity index (χ1v) is 9.34. The Bertz CT molecular complexity index is 597. The monoisotopic (exact) mass is 332 g/mol. The Labute approximate surface area is 129 Å². The zero-order valence-electron chi connectivity index (χ0n) is 12.2. The van der Waals surface area contributed by atoms with Crippen molar-refractivity contribution < 1.29 is 17.9 Å². The van der Waals surface area contributed by atoms with Crippen LogP contribution < -0.4 is 4.72 Å². The summed E-state index contributed by atoms with van der Waals surface area (Å²) >= 11 is 1.50. The van der Waals surface area contributed by atoms with E-state index >= 15 is 0 Å². The number of carbonyl (C=O) groups is 1. The van der Waals surface area contributed by atoms with Crippen LogP contribution in [0.4, 0.5) is 0 Å². The van der Waals surface area contributed by atoms with Crippen molar-refractivity contribution in [1.29, 1.82) is 0 Å². The van der Waals surface area contributed by atoms with Crippen molar-refractivity contribution in [3.63, 3.8) is 0 Å². The van der Waals surface area contributed by atoms with E-state index in [1.807, 2.05) is 6.92 Å². The smallest absolute Gasteiger partial charge is 0.310 e. The zero-order chi connectivity index (χ0) is 15.5. The molecule has 0 saturated heterocycles. The van der Waals surface area contributed by atoms with Crippen LogP contribution >= 0.6 is 11.3 Å². The quantitative estimate of drug-likeness (QED) is 0.797. The summed E-state index contributed by atoms with van der Waals surface area (Å²) in [6, 6.07) is 0. The van der Waals surface area contributed by atoms with E-state index in [4.69, 9.17) is 4.74 Å². The number of ether oxygens (including phenoxy) is 1. The molecule has 1 saturated carbocycles. The fourth-order valence-corrected chi connectivity index (χ4v) is 5.18. The van der Waals surface area contributed by atoms with Crippen molar-refractivity contribution in [3.8, 4) is 0 Å². The lowest BCUT2D eigenvalue weighted by molar-refractivity contribution is -0.145. The summed E-state index contributed by atoms with van der Waals surface area (Å²) in [6.07, 6.45) is 4.43. The van der Waals surface area contributed by atoms with E-state index in [1.165, 1.54) is 18.4 Å². The van der Waals surface area contributed by atoms with Crippen LogP contribution in [-0.4, -0.2) is 31.7 Å². The first-order valence-electron chi connectivity index (χ1n) is 6.97. The summed E-state index contributed by atoms with van der Waals surface area (Å²) in [5.74, 6) is -1.000. The van der Waals surface area contributed by atoms with Crippen LogP contribution in [0.5, 0.6) is 0 Å². The third-order valence-corrected chi connectivity index (χ3v) is 6.78. The molecule has 118 valence electrons. The Kier molecular flexibility index (Phi) is 5.34. The molecular weight excluding hydrogens is 312 g/mol. The van der Waals surface area contributed by atoms with E-state index in [2.05, 4.69) is 9.71 Å². The standard InChI is InChI=1S/C13H20N2O4S2/c1-3-9-7-14-12(20-9)8-15-21(17,18)11-6-4-5-10(11)13(16)19-2/h7,10-11,15H,3-6,8H2,1-2H3. The highest BCUT2D eigenvalue weighted by Crippen LogP contribution is 2.31. The Balaban J connectivity index is 2.02. The van der Waals surface area contributed by atoms with E-state index in [0.29, 0.717) is 12.8 Å². The molecule has 21 heavy (non-hydrogen) atoms. The molecule has 8 heteroatoms. The summed E-state index contributed by atoms with van der Waals surface area (Å²) in [7, 11) is -2.25. The summed E-state index contributed by atoms with van der Waals surface area (Å²) < 4.78 is 32.0. The maximum atomic E-state index is 12.4. The number of hydrogen-bond acceptors (Lipinski definition) is 6. The van der Waals surface area contributed by atoms with Crippen LogP contribution in [0.1, 0.15) is 36.1 Å². The normalized spacial score (nSPS) is 22.4. The number of nitrogens with zero attached hydrogens (tertiary/aromatic N) is 1. The molecule has 1 heterocycles. The second-order valence-electron chi connectivity index (χ2n) is 5.04. The van der Waals surface area contributed by atoms with Crippen molar-refractivity contribution in [2.45, 2.75) is 44.4 Å². The van der Waals surface area contributed by atoms with Crippen LogP contribution in [0, 0.1) is 5.92 Å². The Hall–Kier alpha value is -0.990. The van der Waals surface area contributed by atoms with Gasteiger partial charge in [-0.15, -0.1) is 11.3 Å². The number of nitrogens with one attached hydrogen (secondary N) is 1. The second kappa shape index (κ2) is 6.85. The van der Waals surface area contributed by atoms with Gasteiger partial charge in [-0.25, -0.2) is 18.1 Å². The molecule has 0 radical (unpaired) electrons. The molecule has 1 aliphatic carbocycles. The highest BCUT2D eigenvalue weighted by molar-refractivity contribution is 7.90. The minimum absolute atomic E-state index is 0.178. The van der Waals surface area contributed by atoms with Gasteiger partial charge in [-0.2, -0.15) is 0 Å². The molecular formula is C13H20N2O4S2. The number of aryl methyl sites for hydroxylation is 1. The molecule has 2 atom stereocenters. The third kappa shape index (κ3) is 3.81. The molecule has 2 rings (SSSR count). The van der Waals surface area contributed by atoms with Crippen molar-refractivity contribution in [2.24, 2.45) is 5.92 Å². The highest BCUT2D eigenvalue weighted by Gasteiger charge is 2.42. The highest BCUT2D eigenvalue weighted by atomic mass is 32.2. The molecule has 0 bridgehead atoms. The Morgan fingerprint density at radius 1 is 1.52 bits per heavy atom. The largest absolute Gasteiger partial charge is 0.469 e. The second-order valence-corrected chi connectivity index (χ2v) is 8.22. The molecule has 1 fully saturated rings. The van der Waals surface area contributed by atoms with Gasteiger partial charge in [-0.1, -0.05) is 13.3 Å².